The summed E-state index contributed by atoms with van der Waals surface area (Å²) in [5, 5.41) is 10.4. The highest BCUT2D eigenvalue weighted by atomic mass is 28.4. The Hall–Kier alpha value is -5.35. The number of nitrogens with zero attached hydrogens (tertiary/aromatic N) is 2. The van der Waals surface area contributed by atoms with Crippen LogP contribution < -0.4 is 0 Å². The second kappa shape index (κ2) is 30.9. The fourth-order valence-electron chi connectivity index (χ4n) is 5.63. The number of esters is 2. The highest BCUT2D eigenvalue weighted by Crippen LogP contribution is 2.40. The lowest BCUT2D eigenvalue weighted by molar-refractivity contribution is -0.144. The van der Waals surface area contributed by atoms with Crippen molar-refractivity contribution in [1.29, 1.82) is 0 Å². The van der Waals surface area contributed by atoms with Gasteiger partial charge in [-0.2, -0.15) is 4.79 Å². The molecule has 4 rings (SSSR count). The number of hydrogen-bond donors (Lipinski definition) is 1. The van der Waals surface area contributed by atoms with Crippen LogP contribution in [0.15, 0.2) is 159 Å². The van der Waals surface area contributed by atoms with Crippen molar-refractivity contribution in [2.24, 2.45) is 0 Å². The molecule has 0 aliphatic carbocycles. The second-order valence-electron chi connectivity index (χ2n) is 18.7. The first-order chi connectivity index (χ1) is 32.0. The molecule has 13 heteroatoms. The fourth-order valence-corrected chi connectivity index (χ4v) is 7.87. The lowest BCUT2D eigenvalue weighted by atomic mass is 9.93. The number of aliphatic hydroxyl groups is 1. The average molecular weight is 967 g/mol. The van der Waals surface area contributed by atoms with Gasteiger partial charge in [-0.25, -0.2) is 4.79 Å². The molecule has 4 aromatic rings. The molecule has 0 aromatic heterocycles. The van der Waals surface area contributed by atoms with Gasteiger partial charge in [0.05, 0.1) is 51.8 Å². The van der Waals surface area contributed by atoms with Crippen LogP contribution in [0.2, 0.25) is 36.3 Å². The van der Waals surface area contributed by atoms with E-state index in [0.29, 0.717) is 30.4 Å². The Morgan fingerprint density at radius 1 is 0.691 bits per heavy atom. The van der Waals surface area contributed by atoms with Crippen molar-refractivity contribution in [3.8, 4) is 0 Å². The number of aliphatic hydroxyl groups excluding tert-OH is 1. The van der Waals surface area contributed by atoms with E-state index in [1.54, 1.807) is 36.4 Å². The molecule has 4 aromatic carbocycles. The number of carbonyl (C=O) groups is 2. The zero-order chi connectivity index (χ0) is 51.4. The van der Waals surface area contributed by atoms with Gasteiger partial charge in [0.1, 0.15) is 12.7 Å². The van der Waals surface area contributed by atoms with Gasteiger partial charge in [0.2, 0.25) is 0 Å². The smallest absolute Gasteiger partial charge is 0.422 e. The van der Waals surface area contributed by atoms with Crippen molar-refractivity contribution in [2.75, 3.05) is 34.2 Å². The highest BCUT2D eigenvalue weighted by molar-refractivity contribution is 6.74. The largest absolute Gasteiger partial charge is 0.468 e. The van der Waals surface area contributed by atoms with E-state index in [4.69, 9.17) is 28.6 Å². The van der Waals surface area contributed by atoms with Gasteiger partial charge in [-0.15, -0.1) is 19.7 Å². The maximum atomic E-state index is 12.3. The molecule has 0 unspecified atom stereocenters. The summed E-state index contributed by atoms with van der Waals surface area (Å²) >= 11 is 0. The Kier molecular flexibility index (Phi) is 27.6. The van der Waals surface area contributed by atoms with Crippen LogP contribution >= 0.6 is 0 Å². The van der Waals surface area contributed by atoms with E-state index < -0.39 is 40.7 Å². The van der Waals surface area contributed by atoms with Crippen LogP contribution in [0.5, 0.6) is 0 Å². The van der Waals surface area contributed by atoms with E-state index in [0.717, 1.165) is 16.7 Å². The van der Waals surface area contributed by atoms with Crippen LogP contribution in [0.1, 0.15) is 75.6 Å². The summed E-state index contributed by atoms with van der Waals surface area (Å²) in [5.41, 5.74) is 12.0. The SMILES string of the molecule is C=CCO[Si](C)(C)C(C)(C)C.C=C[C@H](O)[C@H](COCOCc1ccccc1)c1ccccc1.C=C[C@H](O[Si](C)(C)C(C)(C)C)[C@H](C(=O)OC)c1ccccc1.COC(=O)C(=[N+]=[N-])c1ccccc1. The van der Waals surface area contributed by atoms with Crippen LogP contribution in [0.4, 0.5) is 0 Å². The lowest BCUT2D eigenvalue weighted by Crippen LogP contribution is -2.46. The summed E-state index contributed by atoms with van der Waals surface area (Å²) in [4.78, 5) is 26.2. The summed E-state index contributed by atoms with van der Waals surface area (Å²) < 4.78 is 32.7. The Bertz CT molecular complexity index is 2120. The first-order valence-corrected chi connectivity index (χ1v) is 28.5. The predicted octanol–water partition coefficient (Wildman–Crippen LogP) is 12.1. The van der Waals surface area contributed by atoms with Gasteiger partial charge in [0, 0.05) is 5.92 Å². The molecule has 0 radical (unpaired) electrons. The first kappa shape index (κ1) is 60.7. The van der Waals surface area contributed by atoms with E-state index in [-0.39, 0.29) is 29.4 Å². The molecule has 370 valence electrons. The van der Waals surface area contributed by atoms with E-state index in [9.17, 15) is 14.7 Å². The molecule has 0 saturated heterocycles. The van der Waals surface area contributed by atoms with E-state index >= 15 is 0 Å². The quantitative estimate of drug-likeness (QED) is 0.0134. The van der Waals surface area contributed by atoms with Gasteiger partial charge in [0.15, 0.2) is 16.6 Å². The zero-order valence-corrected chi connectivity index (χ0v) is 44.6. The molecule has 68 heavy (non-hydrogen) atoms. The minimum absolute atomic E-state index is 0.0611. The van der Waals surface area contributed by atoms with Crippen molar-refractivity contribution < 1.29 is 47.3 Å². The summed E-state index contributed by atoms with van der Waals surface area (Å²) in [5.74, 6) is -1.58. The fraction of sp³-hybridized carbons (Fsp3) is 0.400. The number of carbonyl (C=O) groups excluding carboxylic acids is 2. The average Bonchev–Trinajstić information content (AvgIpc) is 3.32. The molecule has 0 bridgehead atoms. The molecule has 1 N–H and O–H groups in total. The third-order valence-electron chi connectivity index (χ3n) is 11.8. The summed E-state index contributed by atoms with van der Waals surface area (Å²) in [6.07, 6.45) is 4.04. The Morgan fingerprint density at radius 2 is 1.18 bits per heavy atom. The molecule has 0 heterocycles. The lowest BCUT2D eigenvalue weighted by Gasteiger charge is -2.40. The van der Waals surface area contributed by atoms with Crippen LogP contribution in [0, 0.1) is 0 Å². The molecule has 11 nitrogen and oxygen atoms in total. The molecule has 4 atom stereocenters. The second-order valence-corrected chi connectivity index (χ2v) is 28.3. The number of ether oxygens (including phenoxy) is 4. The molecular formula is C55H78N2O9Si2. The molecule has 0 spiro atoms. The molecule has 0 saturated carbocycles. The first-order valence-electron chi connectivity index (χ1n) is 22.6. The van der Waals surface area contributed by atoms with E-state index in [1.165, 1.54) is 20.3 Å². The number of rotatable bonds is 20. The number of hydrogen-bond acceptors (Lipinski definition) is 9. The Morgan fingerprint density at radius 3 is 1.60 bits per heavy atom. The van der Waals surface area contributed by atoms with Crippen LogP contribution in [0.3, 0.4) is 0 Å². The molecule has 0 fully saturated rings. The van der Waals surface area contributed by atoms with Gasteiger partial charge >= 0.3 is 17.7 Å². The van der Waals surface area contributed by atoms with Gasteiger partial charge in [0.25, 0.3) is 0 Å². The molecule has 0 aliphatic heterocycles. The maximum absolute atomic E-state index is 12.3. The summed E-state index contributed by atoms with van der Waals surface area (Å²) in [7, 11) is -0.879. The molecule has 0 aliphatic rings. The van der Waals surface area contributed by atoms with Crippen molar-refractivity contribution in [2.45, 2.75) is 108 Å². The van der Waals surface area contributed by atoms with E-state index in [1.807, 2.05) is 97.1 Å². The standard InChI is InChI=1S/C19H22O3.C18H28O3Si.C9H8N2O2.C9H20OSi/c1-2-19(20)18(17-11-7-4-8-12-17)14-22-15-21-13-16-9-5-3-6-10-16;1-8-15(21-22(6,7)18(2,3)4)16(17(19)20-5)14-12-10-9-11-13-14;1-13-9(12)8(11-10)7-5-3-2-4-6-7;1-7-8-10-11(5,6)9(2,3)4/h2-12,18-20H,1,13-15H2;8-13,15-16H,1H2,2-7H3;2-6H,1H3;7H,1,8H2,2-6H3/t18-,19+;15-,16+;;/m10../s1. The van der Waals surface area contributed by atoms with Crippen molar-refractivity contribution >= 4 is 34.3 Å². The maximum Gasteiger partial charge on any atom is 0.422 e. The minimum atomic E-state index is -2.02. The number of benzene rings is 4. The van der Waals surface area contributed by atoms with Gasteiger partial charge < -0.3 is 38.4 Å². The third-order valence-corrected chi connectivity index (χ3v) is 20.7. The van der Waals surface area contributed by atoms with Crippen LogP contribution in [-0.2, 0) is 44.0 Å². The minimum Gasteiger partial charge on any atom is -0.468 e. The Balaban J connectivity index is 0.000000473. The van der Waals surface area contributed by atoms with E-state index in [2.05, 4.69) is 97.0 Å². The monoisotopic (exact) mass is 967 g/mol. The summed E-state index contributed by atoms with van der Waals surface area (Å²) in [6, 6.07) is 37.9. The van der Waals surface area contributed by atoms with Gasteiger partial charge in [-0.05, 0) is 65.1 Å². The Labute approximate surface area is 409 Å². The topological polar surface area (TPSA) is 146 Å². The van der Waals surface area contributed by atoms with Crippen LogP contribution in [-0.4, -0.2) is 90.6 Å². The summed E-state index contributed by atoms with van der Waals surface area (Å²) in [6.45, 7) is 35.0. The van der Waals surface area contributed by atoms with Crippen molar-refractivity contribution in [1.82, 2.24) is 0 Å². The predicted molar refractivity (Wildman–Crippen MR) is 280 cm³/mol. The van der Waals surface area contributed by atoms with Crippen molar-refractivity contribution in [3.05, 3.63) is 187 Å². The zero-order valence-electron chi connectivity index (χ0n) is 42.6. The normalized spacial score (nSPS) is 13.0. The number of methoxy groups -OCH3 is 2. The third kappa shape index (κ3) is 21.3. The van der Waals surface area contributed by atoms with Crippen molar-refractivity contribution in [3.63, 3.8) is 0 Å². The van der Waals surface area contributed by atoms with Gasteiger partial charge in [-0.1, -0.05) is 169 Å². The molecule has 0 amide bonds. The molecular weight excluding hydrogens is 889 g/mol. The van der Waals surface area contributed by atoms with Gasteiger partial charge in [-0.3, -0.25) is 4.79 Å². The highest BCUT2D eigenvalue weighted by Gasteiger charge is 2.42. The van der Waals surface area contributed by atoms with Crippen LogP contribution in [0.25, 0.3) is 5.53 Å².